The fourth-order valence-electron chi connectivity index (χ4n) is 2.33. The van der Waals surface area contributed by atoms with E-state index >= 15 is 0 Å². The lowest BCUT2D eigenvalue weighted by atomic mass is 10.1. The molecule has 94 valence electrons. The zero-order valence-corrected chi connectivity index (χ0v) is 10.7. The van der Waals surface area contributed by atoms with Crippen LogP contribution in [0.25, 0.3) is 0 Å². The van der Waals surface area contributed by atoms with Crippen molar-refractivity contribution in [3.8, 4) is 0 Å². The second kappa shape index (κ2) is 4.94. The van der Waals surface area contributed by atoms with Crippen molar-refractivity contribution in [3.63, 3.8) is 0 Å². The highest BCUT2D eigenvalue weighted by molar-refractivity contribution is 5.21. The third-order valence-corrected chi connectivity index (χ3v) is 3.56. The second-order valence-electron chi connectivity index (χ2n) is 4.99. The monoisotopic (exact) mass is 241 g/mol. The summed E-state index contributed by atoms with van der Waals surface area (Å²) in [4.78, 5) is 4.34. The molecule has 1 aliphatic rings. The lowest BCUT2D eigenvalue weighted by Crippen LogP contribution is -2.28. The quantitative estimate of drug-likeness (QED) is 0.871. The molecule has 1 unspecified atom stereocenters. The molecule has 1 fully saturated rings. The molecule has 1 saturated carbocycles. The molecule has 0 aliphatic heterocycles. The smallest absolute Gasteiger partial charge is 0.106 e. The van der Waals surface area contributed by atoms with E-state index in [1.165, 1.54) is 18.4 Å². The number of imidazole rings is 1. The second-order valence-corrected chi connectivity index (χ2v) is 4.99. The van der Waals surface area contributed by atoms with Gasteiger partial charge in [0.2, 0.25) is 0 Å². The van der Waals surface area contributed by atoms with E-state index in [1.54, 1.807) is 0 Å². The van der Waals surface area contributed by atoms with Crippen LogP contribution in [0, 0.1) is 6.92 Å². The number of nitrogens with zero attached hydrogens (tertiary/aromatic N) is 2. The summed E-state index contributed by atoms with van der Waals surface area (Å²) in [6.07, 6.45) is 6.60. The van der Waals surface area contributed by atoms with Crippen molar-refractivity contribution < 1.29 is 0 Å². The number of benzene rings is 1. The molecule has 3 rings (SSSR count). The van der Waals surface area contributed by atoms with Gasteiger partial charge in [-0.3, -0.25) is 0 Å². The third kappa shape index (κ3) is 2.46. The fraction of sp³-hybridized carbons (Fsp3) is 0.400. The molecule has 1 aliphatic carbocycles. The molecule has 0 spiro atoms. The van der Waals surface area contributed by atoms with Gasteiger partial charge in [0.05, 0.1) is 6.04 Å². The van der Waals surface area contributed by atoms with Crippen LogP contribution in [-0.2, 0) is 0 Å². The Kier molecular flexibility index (Phi) is 3.15. The number of hydrogen-bond donors (Lipinski definition) is 1. The van der Waals surface area contributed by atoms with Crippen LogP contribution in [0.15, 0.2) is 42.7 Å². The summed E-state index contributed by atoms with van der Waals surface area (Å²) in [5.41, 5.74) is 1.34. The summed E-state index contributed by atoms with van der Waals surface area (Å²) >= 11 is 0. The molecule has 3 nitrogen and oxygen atoms in total. The summed E-state index contributed by atoms with van der Waals surface area (Å²) in [5.74, 6) is 1.07. The Hall–Kier alpha value is -1.61. The minimum Gasteiger partial charge on any atom is -0.326 e. The van der Waals surface area contributed by atoms with Crippen LogP contribution in [0.2, 0.25) is 0 Å². The lowest BCUT2D eigenvalue weighted by molar-refractivity contribution is 0.510. The molecule has 0 bridgehead atoms. The van der Waals surface area contributed by atoms with Crippen LogP contribution in [0.5, 0.6) is 0 Å². The highest BCUT2D eigenvalue weighted by Gasteiger charge is 2.23. The summed E-state index contributed by atoms with van der Waals surface area (Å²) in [6.45, 7) is 3.04. The number of hydrogen-bond acceptors (Lipinski definition) is 2. The van der Waals surface area contributed by atoms with Gasteiger partial charge in [0.25, 0.3) is 0 Å². The standard InChI is InChI=1S/C15H19N3/c1-12-16-9-10-18(12)15(11-17-14-7-8-14)13-5-3-2-4-6-13/h2-6,9-10,14-15,17H,7-8,11H2,1H3. The van der Waals surface area contributed by atoms with E-state index in [0.29, 0.717) is 6.04 Å². The Morgan fingerprint density at radius 1 is 1.33 bits per heavy atom. The summed E-state index contributed by atoms with van der Waals surface area (Å²) in [7, 11) is 0. The van der Waals surface area contributed by atoms with E-state index in [2.05, 4.69) is 58.3 Å². The minimum atomic E-state index is 0.342. The van der Waals surface area contributed by atoms with E-state index in [0.717, 1.165) is 18.4 Å². The van der Waals surface area contributed by atoms with Crippen molar-refractivity contribution in [1.82, 2.24) is 14.9 Å². The topological polar surface area (TPSA) is 29.9 Å². The van der Waals surface area contributed by atoms with Crippen molar-refractivity contribution in [2.75, 3.05) is 6.54 Å². The van der Waals surface area contributed by atoms with Gasteiger partial charge in [-0.05, 0) is 25.3 Å². The van der Waals surface area contributed by atoms with E-state index < -0.39 is 0 Å². The van der Waals surface area contributed by atoms with E-state index in [-0.39, 0.29) is 0 Å². The number of nitrogens with one attached hydrogen (secondary N) is 1. The molecule has 1 atom stereocenters. The first-order valence-electron chi connectivity index (χ1n) is 6.62. The maximum atomic E-state index is 4.34. The third-order valence-electron chi connectivity index (χ3n) is 3.56. The van der Waals surface area contributed by atoms with Gasteiger partial charge >= 0.3 is 0 Å². The van der Waals surface area contributed by atoms with Crippen LogP contribution in [0.1, 0.15) is 30.3 Å². The van der Waals surface area contributed by atoms with Crippen molar-refractivity contribution >= 4 is 0 Å². The van der Waals surface area contributed by atoms with Crippen molar-refractivity contribution in [1.29, 1.82) is 0 Å². The summed E-state index contributed by atoms with van der Waals surface area (Å²) in [6, 6.07) is 11.7. The molecule has 0 saturated heterocycles. The number of rotatable bonds is 5. The maximum Gasteiger partial charge on any atom is 0.106 e. The fourth-order valence-corrected chi connectivity index (χ4v) is 2.33. The van der Waals surface area contributed by atoms with Gasteiger partial charge in [-0.25, -0.2) is 4.98 Å². The van der Waals surface area contributed by atoms with Crippen LogP contribution in [-0.4, -0.2) is 22.1 Å². The Labute approximate surface area is 108 Å². The van der Waals surface area contributed by atoms with Crippen LogP contribution >= 0.6 is 0 Å². The van der Waals surface area contributed by atoms with Gasteiger partial charge < -0.3 is 9.88 Å². The predicted octanol–water partition coefficient (Wildman–Crippen LogP) is 2.53. The highest BCUT2D eigenvalue weighted by atomic mass is 15.1. The molecule has 0 amide bonds. The molecule has 1 aromatic carbocycles. The Balaban J connectivity index is 1.85. The lowest BCUT2D eigenvalue weighted by Gasteiger charge is -2.21. The molecule has 2 aromatic rings. The van der Waals surface area contributed by atoms with E-state index in [9.17, 15) is 0 Å². The van der Waals surface area contributed by atoms with Gasteiger partial charge in [-0.2, -0.15) is 0 Å². The zero-order chi connectivity index (χ0) is 12.4. The van der Waals surface area contributed by atoms with Crippen LogP contribution < -0.4 is 5.32 Å². The molecule has 18 heavy (non-hydrogen) atoms. The Morgan fingerprint density at radius 3 is 2.72 bits per heavy atom. The predicted molar refractivity (Wildman–Crippen MR) is 72.6 cm³/mol. The summed E-state index contributed by atoms with van der Waals surface area (Å²) in [5, 5.41) is 3.62. The largest absolute Gasteiger partial charge is 0.326 e. The van der Waals surface area contributed by atoms with Gasteiger partial charge in [0.1, 0.15) is 5.82 Å². The van der Waals surface area contributed by atoms with Crippen molar-refractivity contribution in [3.05, 3.63) is 54.1 Å². The Bertz CT molecular complexity index is 499. The van der Waals surface area contributed by atoms with Gasteiger partial charge in [0, 0.05) is 25.0 Å². The average Bonchev–Trinajstić information content (AvgIpc) is 3.14. The van der Waals surface area contributed by atoms with E-state index in [1.807, 2.05) is 6.20 Å². The first kappa shape index (κ1) is 11.5. The zero-order valence-electron chi connectivity index (χ0n) is 10.7. The van der Waals surface area contributed by atoms with Gasteiger partial charge in [0.15, 0.2) is 0 Å². The average molecular weight is 241 g/mol. The van der Waals surface area contributed by atoms with E-state index in [4.69, 9.17) is 0 Å². The van der Waals surface area contributed by atoms with Crippen molar-refractivity contribution in [2.45, 2.75) is 31.8 Å². The molecule has 3 heteroatoms. The molecular formula is C15H19N3. The molecule has 1 heterocycles. The van der Waals surface area contributed by atoms with Gasteiger partial charge in [-0.1, -0.05) is 30.3 Å². The molecule has 1 N–H and O–H groups in total. The SMILES string of the molecule is Cc1nccn1C(CNC1CC1)c1ccccc1. The molecule has 0 radical (unpaired) electrons. The molecule has 1 aromatic heterocycles. The first-order valence-corrected chi connectivity index (χ1v) is 6.62. The van der Waals surface area contributed by atoms with Crippen LogP contribution in [0.3, 0.4) is 0 Å². The van der Waals surface area contributed by atoms with Gasteiger partial charge in [-0.15, -0.1) is 0 Å². The molecular weight excluding hydrogens is 222 g/mol. The summed E-state index contributed by atoms with van der Waals surface area (Å²) < 4.78 is 2.25. The minimum absolute atomic E-state index is 0.342. The number of aryl methyl sites for hydroxylation is 1. The Morgan fingerprint density at radius 2 is 2.11 bits per heavy atom. The first-order chi connectivity index (χ1) is 8.84. The highest BCUT2D eigenvalue weighted by Crippen LogP contribution is 2.23. The van der Waals surface area contributed by atoms with Crippen molar-refractivity contribution in [2.24, 2.45) is 0 Å². The normalized spacial score (nSPS) is 16.7. The van der Waals surface area contributed by atoms with Crippen LogP contribution in [0.4, 0.5) is 0 Å². The maximum absolute atomic E-state index is 4.34. The number of aromatic nitrogens is 2.